The Kier molecular flexibility index (Phi) is 3.61. The number of pyridine rings is 1. The first-order chi connectivity index (χ1) is 10.4. The third-order valence-electron chi connectivity index (χ3n) is 4.48. The van der Waals surface area contributed by atoms with Gasteiger partial charge in [-0.1, -0.05) is 0 Å². The van der Waals surface area contributed by atoms with Crippen LogP contribution in [0.2, 0.25) is 0 Å². The van der Waals surface area contributed by atoms with E-state index in [4.69, 9.17) is 14.5 Å². The van der Waals surface area contributed by atoms with Gasteiger partial charge in [0.2, 0.25) is 0 Å². The van der Waals surface area contributed by atoms with Gasteiger partial charge >= 0.3 is 0 Å². The molecule has 2 aliphatic rings. The van der Waals surface area contributed by atoms with E-state index in [-0.39, 0.29) is 0 Å². The van der Waals surface area contributed by atoms with Crippen LogP contribution < -0.4 is 0 Å². The molecule has 2 aromatic rings. The van der Waals surface area contributed by atoms with E-state index in [9.17, 15) is 0 Å². The van der Waals surface area contributed by atoms with Crippen LogP contribution in [0.3, 0.4) is 0 Å². The Balaban J connectivity index is 1.65. The molecule has 0 spiro atoms. The van der Waals surface area contributed by atoms with Gasteiger partial charge in [-0.15, -0.1) is 0 Å². The molecule has 5 heteroatoms. The molecule has 2 atom stereocenters. The minimum atomic E-state index is 0.320. The van der Waals surface area contributed by atoms with E-state index >= 15 is 0 Å². The zero-order valence-corrected chi connectivity index (χ0v) is 12.2. The Morgan fingerprint density at radius 1 is 1.29 bits per heavy atom. The summed E-state index contributed by atoms with van der Waals surface area (Å²) in [5, 5.41) is 0. The maximum absolute atomic E-state index is 5.78. The smallest absolute Gasteiger partial charge is 0.159 e. The van der Waals surface area contributed by atoms with Crippen molar-refractivity contribution in [2.45, 2.75) is 38.3 Å². The molecule has 5 nitrogen and oxygen atoms in total. The van der Waals surface area contributed by atoms with Gasteiger partial charge < -0.3 is 14.0 Å². The Hall–Kier alpha value is -1.46. The molecule has 2 fully saturated rings. The van der Waals surface area contributed by atoms with Gasteiger partial charge in [-0.2, -0.15) is 0 Å². The van der Waals surface area contributed by atoms with Gasteiger partial charge in [-0.05, 0) is 31.4 Å². The molecule has 2 aliphatic heterocycles. The van der Waals surface area contributed by atoms with E-state index in [0.29, 0.717) is 12.0 Å². The second-order valence-corrected chi connectivity index (χ2v) is 6.05. The number of ether oxygens (including phenoxy) is 2. The number of hydrogen-bond donors (Lipinski definition) is 0. The first-order valence-electron chi connectivity index (χ1n) is 7.89. The van der Waals surface area contributed by atoms with Gasteiger partial charge in [0.05, 0.1) is 12.7 Å². The molecule has 0 bridgehead atoms. The van der Waals surface area contributed by atoms with Crippen molar-refractivity contribution in [2.24, 2.45) is 5.92 Å². The van der Waals surface area contributed by atoms with Crippen molar-refractivity contribution in [1.82, 2.24) is 14.5 Å². The highest BCUT2D eigenvalue weighted by Gasteiger charge is 2.23. The third-order valence-corrected chi connectivity index (χ3v) is 4.48. The van der Waals surface area contributed by atoms with Crippen LogP contribution in [0.4, 0.5) is 0 Å². The predicted molar refractivity (Wildman–Crippen MR) is 79.1 cm³/mol. The molecule has 0 saturated carbocycles. The normalized spacial score (nSPS) is 25.9. The fourth-order valence-corrected chi connectivity index (χ4v) is 3.35. The fourth-order valence-electron chi connectivity index (χ4n) is 3.35. The summed E-state index contributed by atoms with van der Waals surface area (Å²) in [7, 11) is 0. The minimum absolute atomic E-state index is 0.320. The van der Waals surface area contributed by atoms with Gasteiger partial charge in [0, 0.05) is 38.3 Å². The van der Waals surface area contributed by atoms with Crippen LogP contribution in [0.5, 0.6) is 0 Å². The number of imidazole rings is 1. The van der Waals surface area contributed by atoms with Gasteiger partial charge in [0.25, 0.3) is 0 Å². The van der Waals surface area contributed by atoms with Gasteiger partial charge in [-0.25, -0.2) is 9.97 Å². The molecule has 21 heavy (non-hydrogen) atoms. The zero-order chi connectivity index (χ0) is 14.1. The van der Waals surface area contributed by atoms with E-state index in [1.807, 2.05) is 18.3 Å². The maximum Gasteiger partial charge on any atom is 0.159 e. The van der Waals surface area contributed by atoms with Crippen LogP contribution in [0.1, 0.15) is 25.1 Å². The monoisotopic (exact) mass is 287 g/mol. The summed E-state index contributed by atoms with van der Waals surface area (Å²) in [5.41, 5.74) is 1.99. The van der Waals surface area contributed by atoms with Crippen molar-refractivity contribution in [3.05, 3.63) is 24.2 Å². The molecule has 0 aliphatic carbocycles. The lowest BCUT2D eigenvalue weighted by atomic mass is 10.1. The van der Waals surface area contributed by atoms with Crippen molar-refractivity contribution in [3.8, 4) is 0 Å². The van der Waals surface area contributed by atoms with Crippen LogP contribution in [0.25, 0.3) is 11.2 Å². The van der Waals surface area contributed by atoms with E-state index < -0.39 is 0 Å². The van der Waals surface area contributed by atoms with Gasteiger partial charge in [-0.3, -0.25) is 0 Å². The van der Waals surface area contributed by atoms with Gasteiger partial charge in [0.1, 0.15) is 11.3 Å². The number of aromatic nitrogens is 3. The number of hydrogen-bond acceptors (Lipinski definition) is 4. The lowest BCUT2D eigenvalue weighted by molar-refractivity contribution is 0.109. The van der Waals surface area contributed by atoms with Crippen molar-refractivity contribution < 1.29 is 9.47 Å². The van der Waals surface area contributed by atoms with Crippen molar-refractivity contribution >= 4 is 11.2 Å². The standard InChI is InChI=1S/C16H21N3O2/c1-4-14-16(17-6-1)19(10-12-5-8-20-11-12)15(18-14)9-13-3-2-7-21-13/h1,4,6,12-13H,2-3,5,7-11H2. The largest absolute Gasteiger partial charge is 0.381 e. The van der Waals surface area contributed by atoms with Crippen LogP contribution in [0, 0.1) is 5.92 Å². The molecule has 112 valence electrons. The summed E-state index contributed by atoms with van der Waals surface area (Å²) in [4.78, 5) is 9.34. The molecule has 0 amide bonds. The van der Waals surface area contributed by atoms with Crippen LogP contribution >= 0.6 is 0 Å². The first-order valence-corrected chi connectivity index (χ1v) is 7.89. The van der Waals surface area contributed by atoms with E-state index in [0.717, 1.165) is 62.6 Å². The summed E-state index contributed by atoms with van der Waals surface area (Å²) in [6.07, 6.45) is 6.50. The maximum atomic E-state index is 5.78. The van der Waals surface area contributed by atoms with E-state index in [1.165, 1.54) is 6.42 Å². The molecule has 2 unspecified atom stereocenters. The summed E-state index contributed by atoms with van der Waals surface area (Å²) in [5.74, 6) is 1.69. The van der Waals surface area contributed by atoms with E-state index in [2.05, 4.69) is 9.55 Å². The molecular weight excluding hydrogens is 266 g/mol. The molecule has 0 N–H and O–H groups in total. The lowest BCUT2D eigenvalue weighted by Gasteiger charge is -2.14. The average molecular weight is 287 g/mol. The predicted octanol–water partition coefficient (Wildman–Crippen LogP) is 2.19. The van der Waals surface area contributed by atoms with Crippen molar-refractivity contribution in [2.75, 3.05) is 19.8 Å². The Labute approximate surface area is 124 Å². The SMILES string of the molecule is c1cnc2c(c1)nc(CC1CCCO1)n2CC1CCOC1. The summed E-state index contributed by atoms with van der Waals surface area (Å²) in [6.45, 7) is 3.58. The van der Waals surface area contributed by atoms with E-state index in [1.54, 1.807) is 0 Å². The van der Waals surface area contributed by atoms with Crippen molar-refractivity contribution in [3.63, 3.8) is 0 Å². The highest BCUT2D eigenvalue weighted by molar-refractivity contribution is 5.71. The second kappa shape index (κ2) is 5.73. The molecular formula is C16H21N3O2. The molecule has 2 aromatic heterocycles. The number of rotatable bonds is 4. The van der Waals surface area contributed by atoms with Crippen LogP contribution in [-0.4, -0.2) is 40.5 Å². The molecule has 0 aromatic carbocycles. The van der Waals surface area contributed by atoms with Gasteiger partial charge in [0.15, 0.2) is 5.65 Å². The zero-order valence-electron chi connectivity index (χ0n) is 12.2. The highest BCUT2D eigenvalue weighted by Crippen LogP contribution is 2.23. The summed E-state index contributed by atoms with van der Waals surface area (Å²) >= 11 is 0. The lowest BCUT2D eigenvalue weighted by Crippen LogP contribution is -2.18. The molecule has 2 saturated heterocycles. The highest BCUT2D eigenvalue weighted by atomic mass is 16.5. The quantitative estimate of drug-likeness (QED) is 0.865. The molecule has 0 radical (unpaired) electrons. The molecule has 4 rings (SSSR count). The average Bonchev–Trinajstić information content (AvgIpc) is 3.23. The topological polar surface area (TPSA) is 49.2 Å². The van der Waals surface area contributed by atoms with Crippen molar-refractivity contribution in [1.29, 1.82) is 0 Å². The Morgan fingerprint density at radius 3 is 3.10 bits per heavy atom. The first kappa shape index (κ1) is 13.2. The Bertz CT molecular complexity index is 613. The second-order valence-electron chi connectivity index (χ2n) is 6.05. The number of nitrogens with zero attached hydrogens (tertiary/aromatic N) is 3. The number of fused-ring (bicyclic) bond motifs is 1. The molecule has 4 heterocycles. The third kappa shape index (κ3) is 2.68. The summed E-state index contributed by atoms with van der Waals surface area (Å²) in [6, 6.07) is 4.00. The van der Waals surface area contributed by atoms with Crippen LogP contribution in [-0.2, 0) is 22.4 Å². The minimum Gasteiger partial charge on any atom is -0.381 e. The van der Waals surface area contributed by atoms with Crippen LogP contribution in [0.15, 0.2) is 18.3 Å². The fraction of sp³-hybridized carbons (Fsp3) is 0.625. The summed E-state index contributed by atoms with van der Waals surface area (Å²) < 4.78 is 13.6. The Morgan fingerprint density at radius 2 is 2.29 bits per heavy atom.